The third kappa shape index (κ3) is 1.35. The van der Waals surface area contributed by atoms with Gasteiger partial charge in [0.1, 0.15) is 5.75 Å². The van der Waals surface area contributed by atoms with Crippen molar-refractivity contribution >= 4 is 5.57 Å². The lowest BCUT2D eigenvalue weighted by Crippen LogP contribution is -1.91. The van der Waals surface area contributed by atoms with E-state index in [1.165, 1.54) is 16.7 Å². The van der Waals surface area contributed by atoms with Crippen LogP contribution in [0.15, 0.2) is 30.4 Å². The summed E-state index contributed by atoms with van der Waals surface area (Å²) in [6.07, 6.45) is 7.30. The van der Waals surface area contributed by atoms with Crippen molar-refractivity contribution < 1.29 is 5.11 Å². The van der Waals surface area contributed by atoms with E-state index >= 15 is 0 Å². The van der Waals surface area contributed by atoms with E-state index in [2.05, 4.69) is 25.2 Å². The van der Waals surface area contributed by atoms with Gasteiger partial charge in [-0.2, -0.15) is 0 Å². The van der Waals surface area contributed by atoms with Gasteiger partial charge in [-0.05, 0) is 48.6 Å². The van der Waals surface area contributed by atoms with E-state index in [0.29, 0.717) is 5.75 Å². The summed E-state index contributed by atoms with van der Waals surface area (Å²) in [5.41, 5.74) is 4.72. The van der Waals surface area contributed by atoms with Crippen molar-refractivity contribution in [1.82, 2.24) is 0 Å². The maximum Gasteiger partial charge on any atom is 0.119 e. The highest BCUT2D eigenvalue weighted by Gasteiger charge is 2.11. The quantitative estimate of drug-likeness (QED) is 0.713. The molecule has 2 rings (SSSR count). The van der Waals surface area contributed by atoms with Gasteiger partial charge in [0.15, 0.2) is 0 Å². The number of hydrogen-bond acceptors (Lipinski definition) is 1. The SMILES string of the molecule is Cc1ccc(O)c(C)c1C1=CC=CC1. The zero-order valence-corrected chi connectivity index (χ0v) is 8.54. The van der Waals surface area contributed by atoms with Gasteiger partial charge in [0.25, 0.3) is 0 Å². The molecule has 0 saturated heterocycles. The molecular weight excluding hydrogens is 172 g/mol. The van der Waals surface area contributed by atoms with Crippen LogP contribution in [0.3, 0.4) is 0 Å². The average Bonchev–Trinajstić information content (AvgIpc) is 2.65. The standard InChI is InChI=1S/C13H14O/c1-9-7-8-12(14)10(2)13(9)11-5-3-4-6-11/h3-5,7-8,14H,6H2,1-2H3. The maximum absolute atomic E-state index is 9.64. The molecule has 0 aromatic heterocycles. The fraction of sp³-hybridized carbons (Fsp3) is 0.231. The molecule has 0 bridgehead atoms. The Hall–Kier alpha value is -1.50. The van der Waals surface area contributed by atoms with E-state index in [-0.39, 0.29) is 0 Å². The molecule has 1 aliphatic carbocycles. The van der Waals surface area contributed by atoms with Crippen molar-refractivity contribution in [2.75, 3.05) is 0 Å². The molecular formula is C13H14O. The fourth-order valence-electron chi connectivity index (χ4n) is 1.96. The molecule has 0 saturated carbocycles. The number of hydrogen-bond donors (Lipinski definition) is 1. The van der Waals surface area contributed by atoms with Gasteiger partial charge in [0.05, 0.1) is 0 Å². The Bertz CT molecular complexity index is 425. The van der Waals surface area contributed by atoms with Crippen molar-refractivity contribution in [3.8, 4) is 5.75 Å². The Morgan fingerprint density at radius 2 is 2.00 bits per heavy atom. The number of rotatable bonds is 1. The van der Waals surface area contributed by atoms with Crippen LogP contribution in [0.25, 0.3) is 5.57 Å². The molecule has 14 heavy (non-hydrogen) atoms. The van der Waals surface area contributed by atoms with Crippen molar-refractivity contribution in [2.24, 2.45) is 0 Å². The summed E-state index contributed by atoms with van der Waals surface area (Å²) < 4.78 is 0. The van der Waals surface area contributed by atoms with E-state index in [1.54, 1.807) is 6.07 Å². The molecule has 1 aromatic carbocycles. The minimum Gasteiger partial charge on any atom is -0.508 e. The second-order valence-corrected chi connectivity index (χ2v) is 3.73. The van der Waals surface area contributed by atoms with Gasteiger partial charge in [0.2, 0.25) is 0 Å². The summed E-state index contributed by atoms with van der Waals surface area (Å²) in [5, 5.41) is 9.64. The summed E-state index contributed by atoms with van der Waals surface area (Å²) >= 11 is 0. The minimum atomic E-state index is 0.387. The first kappa shape index (κ1) is 9.07. The first-order valence-electron chi connectivity index (χ1n) is 4.85. The van der Waals surface area contributed by atoms with Gasteiger partial charge in [-0.15, -0.1) is 0 Å². The number of allylic oxidation sites excluding steroid dienone is 4. The molecule has 0 amide bonds. The Morgan fingerprint density at radius 1 is 1.21 bits per heavy atom. The number of phenols is 1. The second-order valence-electron chi connectivity index (χ2n) is 3.73. The second kappa shape index (κ2) is 3.33. The third-order valence-electron chi connectivity index (χ3n) is 2.74. The molecule has 0 fully saturated rings. The number of phenolic OH excluding ortho intramolecular Hbond substituents is 1. The third-order valence-corrected chi connectivity index (χ3v) is 2.74. The van der Waals surface area contributed by atoms with Gasteiger partial charge in [-0.3, -0.25) is 0 Å². The Labute approximate surface area is 84.4 Å². The highest BCUT2D eigenvalue weighted by atomic mass is 16.3. The van der Waals surface area contributed by atoms with Crippen molar-refractivity contribution in [3.05, 3.63) is 47.1 Å². The summed E-state index contributed by atoms with van der Waals surface area (Å²) in [6.45, 7) is 4.05. The Kier molecular flexibility index (Phi) is 2.16. The van der Waals surface area contributed by atoms with E-state index in [9.17, 15) is 5.11 Å². The molecule has 1 heteroatoms. The van der Waals surface area contributed by atoms with Crippen LogP contribution < -0.4 is 0 Å². The lowest BCUT2D eigenvalue weighted by atomic mass is 9.94. The molecule has 0 radical (unpaired) electrons. The average molecular weight is 186 g/mol. The summed E-state index contributed by atoms with van der Waals surface area (Å²) in [7, 11) is 0. The molecule has 0 heterocycles. The largest absolute Gasteiger partial charge is 0.508 e. The minimum absolute atomic E-state index is 0.387. The molecule has 0 unspecified atom stereocenters. The zero-order chi connectivity index (χ0) is 10.1. The maximum atomic E-state index is 9.64. The molecule has 1 aliphatic rings. The van der Waals surface area contributed by atoms with Crippen LogP contribution in [0.1, 0.15) is 23.1 Å². The van der Waals surface area contributed by atoms with Crippen LogP contribution in [0.5, 0.6) is 5.75 Å². The van der Waals surface area contributed by atoms with Crippen LogP contribution in [0.2, 0.25) is 0 Å². The monoisotopic (exact) mass is 186 g/mol. The Balaban J connectivity index is 2.56. The topological polar surface area (TPSA) is 20.2 Å². The van der Waals surface area contributed by atoms with Gasteiger partial charge in [-0.25, -0.2) is 0 Å². The summed E-state index contributed by atoms with van der Waals surface area (Å²) in [5.74, 6) is 0.387. The predicted octanol–water partition coefficient (Wildman–Crippen LogP) is 3.35. The molecule has 0 atom stereocenters. The lowest BCUT2D eigenvalue weighted by Gasteiger charge is -2.12. The number of aromatic hydroxyl groups is 1. The first-order chi connectivity index (χ1) is 6.70. The van der Waals surface area contributed by atoms with E-state index < -0.39 is 0 Å². The smallest absolute Gasteiger partial charge is 0.119 e. The van der Waals surface area contributed by atoms with Crippen molar-refractivity contribution in [2.45, 2.75) is 20.3 Å². The molecule has 0 spiro atoms. The van der Waals surface area contributed by atoms with Crippen molar-refractivity contribution in [3.63, 3.8) is 0 Å². The zero-order valence-electron chi connectivity index (χ0n) is 8.54. The number of aryl methyl sites for hydroxylation is 1. The molecule has 1 N–H and O–H groups in total. The van der Waals surface area contributed by atoms with E-state index in [4.69, 9.17) is 0 Å². The van der Waals surface area contributed by atoms with Crippen LogP contribution in [0.4, 0.5) is 0 Å². The summed E-state index contributed by atoms with van der Waals surface area (Å²) in [6, 6.07) is 3.73. The highest BCUT2D eigenvalue weighted by Crippen LogP contribution is 2.32. The van der Waals surface area contributed by atoms with Gasteiger partial charge in [0, 0.05) is 0 Å². The number of benzene rings is 1. The van der Waals surface area contributed by atoms with Crippen LogP contribution in [-0.2, 0) is 0 Å². The molecule has 72 valence electrons. The summed E-state index contributed by atoms with van der Waals surface area (Å²) in [4.78, 5) is 0. The fourth-order valence-corrected chi connectivity index (χ4v) is 1.96. The molecule has 1 aromatic rings. The van der Waals surface area contributed by atoms with E-state index in [0.717, 1.165) is 12.0 Å². The molecule has 0 aliphatic heterocycles. The van der Waals surface area contributed by atoms with Gasteiger partial charge in [-0.1, -0.05) is 24.3 Å². The Morgan fingerprint density at radius 3 is 2.64 bits per heavy atom. The van der Waals surface area contributed by atoms with Crippen LogP contribution in [0, 0.1) is 13.8 Å². The predicted molar refractivity (Wildman–Crippen MR) is 59.3 cm³/mol. The highest BCUT2D eigenvalue weighted by molar-refractivity contribution is 5.76. The van der Waals surface area contributed by atoms with Crippen LogP contribution in [-0.4, -0.2) is 5.11 Å². The first-order valence-corrected chi connectivity index (χ1v) is 4.85. The van der Waals surface area contributed by atoms with E-state index in [1.807, 2.05) is 13.0 Å². The van der Waals surface area contributed by atoms with Gasteiger partial charge >= 0.3 is 0 Å². The normalized spacial score (nSPS) is 14.6. The van der Waals surface area contributed by atoms with Gasteiger partial charge < -0.3 is 5.11 Å². The van der Waals surface area contributed by atoms with Crippen molar-refractivity contribution in [1.29, 1.82) is 0 Å². The lowest BCUT2D eigenvalue weighted by molar-refractivity contribution is 0.470. The molecule has 1 nitrogen and oxygen atoms in total. The van der Waals surface area contributed by atoms with Crippen LogP contribution >= 0.6 is 0 Å².